The zero-order chi connectivity index (χ0) is 10.8. The number of fused-ring (bicyclic) bond motifs is 1. The minimum Gasteiger partial charge on any atom is -0.311 e. The van der Waals surface area contributed by atoms with E-state index >= 15 is 0 Å². The first-order valence-electron chi connectivity index (χ1n) is 7.18. The Morgan fingerprint density at radius 3 is 2.56 bits per heavy atom. The standard InChI is InChI=1S/C14H24N2/c1-11-6-14(7-12(14)15-11)10-16-8-13(9-16)4-2-3-5-13/h11-12,15H,2-10H2,1H3/t11?,12-,14+/m1/s1. The Balaban J connectivity index is 1.34. The van der Waals surface area contributed by atoms with E-state index in [2.05, 4.69) is 17.1 Å². The molecule has 0 amide bonds. The van der Waals surface area contributed by atoms with Crippen LogP contribution < -0.4 is 5.32 Å². The first kappa shape index (κ1) is 9.90. The maximum Gasteiger partial charge on any atom is 0.0146 e. The fourth-order valence-corrected chi connectivity index (χ4v) is 4.96. The summed E-state index contributed by atoms with van der Waals surface area (Å²) < 4.78 is 0. The van der Waals surface area contributed by atoms with Gasteiger partial charge in [0, 0.05) is 37.1 Å². The van der Waals surface area contributed by atoms with Crippen molar-refractivity contribution in [2.24, 2.45) is 10.8 Å². The summed E-state index contributed by atoms with van der Waals surface area (Å²) in [6, 6.07) is 1.66. The van der Waals surface area contributed by atoms with Gasteiger partial charge in [-0.3, -0.25) is 0 Å². The molecule has 3 atom stereocenters. The number of nitrogens with zero attached hydrogens (tertiary/aromatic N) is 1. The summed E-state index contributed by atoms with van der Waals surface area (Å²) in [6.07, 6.45) is 8.94. The maximum atomic E-state index is 3.72. The molecule has 0 radical (unpaired) electrons. The summed E-state index contributed by atoms with van der Waals surface area (Å²) in [5, 5.41) is 3.72. The summed E-state index contributed by atoms with van der Waals surface area (Å²) in [7, 11) is 0. The van der Waals surface area contributed by atoms with Gasteiger partial charge in [-0.05, 0) is 38.0 Å². The van der Waals surface area contributed by atoms with Crippen LogP contribution in [-0.2, 0) is 0 Å². The van der Waals surface area contributed by atoms with Gasteiger partial charge in [-0.25, -0.2) is 0 Å². The van der Waals surface area contributed by atoms with Crippen LogP contribution in [-0.4, -0.2) is 36.6 Å². The highest BCUT2D eigenvalue weighted by Crippen LogP contribution is 2.56. The number of hydrogen-bond donors (Lipinski definition) is 1. The van der Waals surface area contributed by atoms with Crippen LogP contribution in [0, 0.1) is 10.8 Å². The molecule has 90 valence electrons. The van der Waals surface area contributed by atoms with Gasteiger partial charge in [0.2, 0.25) is 0 Å². The van der Waals surface area contributed by atoms with Crippen LogP contribution in [0.5, 0.6) is 0 Å². The number of piperidine rings is 1. The predicted octanol–water partition coefficient (Wildman–Crippen LogP) is 2.00. The molecular weight excluding hydrogens is 196 g/mol. The number of rotatable bonds is 2. The summed E-state index contributed by atoms with van der Waals surface area (Å²) in [6.45, 7) is 6.60. The molecule has 2 heterocycles. The predicted molar refractivity (Wildman–Crippen MR) is 65.4 cm³/mol. The highest BCUT2D eigenvalue weighted by atomic mass is 15.2. The Hall–Kier alpha value is -0.0800. The molecule has 16 heavy (non-hydrogen) atoms. The summed E-state index contributed by atoms with van der Waals surface area (Å²) in [5.41, 5.74) is 1.50. The topological polar surface area (TPSA) is 15.3 Å². The summed E-state index contributed by atoms with van der Waals surface area (Å²) in [4.78, 5) is 2.76. The highest BCUT2D eigenvalue weighted by molar-refractivity contribution is 5.17. The molecule has 1 spiro atoms. The Morgan fingerprint density at radius 2 is 1.94 bits per heavy atom. The van der Waals surface area contributed by atoms with Crippen molar-refractivity contribution >= 4 is 0 Å². The van der Waals surface area contributed by atoms with Crippen molar-refractivity contribution in [3.8, 4) is 0 Å². The molecule has 4 fully saturated rings. The van der Waals surface area contributed by atoms with Crippen molar-refractivity contribution in [2.75, 3.05) is 19.6 Å². The largest absolute Gasteiger partial charge is 0.311 e. The molecule has 4 rings (SSSR count). The van der Waals surface area contributed by atoms with E-state index in [-0.39, 0.29) is 0 Å². The van der Waals surface area contributed by atoms with Crippen molar-refractivity contribution in [2.45, 2.75) is 57.5 Å². The molecule has 0 aromatic rings. The lowest BCUT2D eigenvalue weighted by Gasteiger charge is -2.49. The van der Waals surface area contributed by atoms with Crippen molar-refractivity contribution in [3.05, 3.63) is 0 Å². The molecule has 2 aliphatic heterocycles. The Labute approximate surface area is 98.8 Å². The molecule has 0 bridgehead atoms. The van der Waals surface area contributed by atoms with Gasteiger partial charge in [-0.1, -0.05) is 12.8 Å². The minimum absolute atomic E-state index is 0.708. The van der Waals surface area contributed by atoms with Gasteiger partial charge < -0.3 is 10.2 Å². The molecule has 4 aliphatic rings. The molecule has 2 heteroatoms. The third-order valence-electron chi connectivity index (χ3n) is 5.71. The number of hydrogen-bond acceptors (Lipinski definition) is 2. The summed E-state index contributed by atoms with van der Waals surface area (Å²) >= 11 is 0. The van der Waals surface area contributed by atoms with Crippen LogP contribution in [0.3, 0.4) is 0 Å². The molecule has 0 aromatic heterocycles. The lowest BCUT2D eigenvalue weighted by molar-refractivity contribution is -0.00843. The average molecular weight is 220 g/mol. The average Bonchev–Trinajstić information content (AvgIpc) is 2.62. The Bertz CT molecular complexity index is 300. The van der Waals surface area contributed by atoms with Crippen LogP contribution in [0.15, 0.2) is 0 Å². The van der Waals surface area contributed by atoms with Gasteiger partial charge in [0.25, 0.3) is 0 Å². The van der Waals surface area contributed by atoms with Crippen LogP contribution in [0.4, 0.5) is 0 Å². The number of likely N-dealkylation sites (tertiary alicyclic amines) is 1. The SMILES string of the molecule is CC1C[C@@]2(CN3CC4(CCCC4)C3)C[C@H]2N1. The molecule has 1 unspecified atom stereocenters. The lowest BCUT2D eigenvalue weighted by atomic mass is 9.77. The number of nitrogens with one attached hydrogen (secondary N) is 1. The second-order valence-corrected chi connectivity index (χ2v) is 7.24. The Morgan fingerprint density at radius 1 is 1.19 bits per heavy atom. The van der Waals surface area contributed by atoms with E-state index in [4.69, 9.17) is 0 Å². The van der Waals surface area contributed by atoms with Crippen molar-refractivity contribution < 1.29 is 0 Å². The van der Waals surface area contributed by atoms with Gasteiger partial charge in [0.05, 0.1) is 0 Å². The highest BCUT2D eigenvalue weighted by Gasteiger charge is 2.61. The van der Waals surface area contributed by atoms with Crippen LogP contribution in [0.25, 0.3) is 0 Å². The molecule has 2 saturated heterocycles. The normalized spacial score (nSPS) is 49.3. The third kappa shape index (κ3) is 1.32. The van der Waals surface area contributed by atoms with Crippen LogP contribution in [0.1, 0.15) is 45.4 Å². The van der Waals surface area contributed by atoms with E-state index in [1.807, 2.05) is 0 Å². The van der Waals surface area contributed by atoms with Gasteiger partial charge in [-0.2, -0.15) is 0 Å². The first-order chi connectivity index (χ1) is 7.70. The molecule has 2 aliphatic carbocycles. The Kier molecular flexibility index (Phi) is 1.87. The fraction of sp³-hybridized carbons (Fsp3) is 1.00. The summed E-state index contributed by atoms with van der Waals surface area (Å²) in [5.74, 6) is 0. The van der Waals surface area contributed by atoms with E-state index in [0.717, 1.165) is 17.5 Å². The van der Waals surface area contributed by atoms with Crippen molar-refractivity contribution in [3.63, 3.8) is 0 Å². The van der Waals surface area contributed by atoms with E-state index < -0.39 is 0 Å². The van der Waals surface area contributed by atoms with Crippen molar-refractivity contribution in [1.29, 1.82) is 0 Å². The van der Waals surface area contributed by atoms with Crippen LogP contribution in [0.2, 0.25) is 0 Å². The zero-order valence-electron chi connectivity index (χ0n) is 10.5. The second kappa shape index (κ2) is 3.02. The molecule has 2 nitrogen and oxygen atoms in total. The smallest absolute Gasteiger partial charge is 0.0146 e. The van der Waals surface area contributed by atoms with E-state index in [1.54, 1.807) is 0 Å². The molecular formula is C14H24N2. The quantitative estimate of drug-likeness (QED) is 0.766. The molecule has 2 saturated carbocycles. The maximum absolute atomic E-state index is 3.72. The first-order valence-corrected chi connectivity index (χ1v) is 7.18. The molecule has 1 N–H and O–H groups in total. The van der Waals surface area contributed by atoms with E-state index in [9.17, 15) is 0 Å². The van der Waals surface area contributed by atoms with Gasteiger partial charge in [0.1, 0.15) is 0 Å². The van der Waals surface area contributed by atoms with Gasteiger partial charge >= 0.3 is 0 Å². The lowest BCUT2D eigenvalue weighted by Crippen LogP contribution is -2.56. The molecule has 0 aromatic carbocycles. The van der Waals surface area contributed by atoms with E-state index in [1.165, 1.54) is 58.2 Å². The minimum atomic E-state index is 0.708. The fourth-order valence-electron chi connectivity index (χ4n) is 4.96. The van der Waals surface area contributed by atoms with Crippen LogP contribution >= 0.6 is 0 Å². The van der Waals surface area contributed by atoms with Gasteiger partial charge in [-0.15, -0.1) is 0 Å². The third-order valence-corrected chi connectivity index (χ3v) is 5.71. The van der Waals surface area contributed by atoms with E-state index in [0.29, 0.717) is 5.41 Å². The van der Waals surface area contributed by atoms with Gasteiger partial charge in [0.15, 0.2) is 0 Å². The zero-order valence-corrected chi connectivity index (χ0v) is 10.5. The van der Waals surface area contributed by atoms with Crippen molar-refractivity contribution in [1.82, 2.24) is 10.2 Å². The monoisotopic (exact) mass is 220 g/mol. The second-order valence-electron chi connectivity index (χ2n) is 7.24.